The number of H-pyrrole nitrogens is 1. The number of non-ortho nitro benzene ring substituents is 1. The molecule has 0 unspecified atom stereocenters. The topological polar surface area (TPSA) is 438 Å². The van der Waals surface area contributed by atoms with E-state index in [1.165, 1.54) is 42.2 Å². The van der Waals surface area contributed by atoms with Crippen molar-refractivity contribution in [2.45, 2.75) is 102 Å². The molecule has 7 amide bonds. The van der Waals surface area contributed by atoms with E-state index >= 15 is 0 Å². The number of carbonyl (C=O) groups is 8. The normalized spacial score (nSPS) is 15.2. The van der Waals surface area contributed by atoms with Crippen LogP contribution in [0.1, 0.15) is 58.6 Å². The van der Waals surface area contributed by atoms with E-state index < -0.39 is 118 Å². The van der Waals surface area contributed by atoms with Gasteiger partial charge in [-0.3, -0.25) is 58.8 Å². The summed E-state index contributed by atoms with van der Waals surface area (Å²) in [4.78, 5) is 135. The molecule has 0 spiro atoms. The molecule has 1 saturated heterocycles. The van der Waals surface area contributed by atoms with Crippen LogP contribution in [0.4, 0.5) is 30.2 Å². The molecule has 2 heterocycles. The summed E-state index contributed by atoms with van der Waals surface area (Å²) in [6, 6.07) is -3.75. The summed E-state index contributed by atoms with van der Waals surface area (Å²) < 4.78 is 31.7. The number of halogens is 3. The standard InChI is InChI=1S/C38H57N15O11S.C2HF3O2/c1-20(2)13-25(50-37(60)29-8-6-12-51(29)28-10-9-23(52(61)62)15-30(28)53(63)64)34(57)44-17-31(54)47-27(18-65-4)36(59)49-26(14-22-16-42-19-45-22)35(58)46-21(3)33(56)48-24(32(39)55)7-5-11-43-38(40)41;3-2(4,5)1(6)7/h9-10,15-16,19-21,24-27,29H,5-8,11-14,17-18H2,1-4H3,(H2,39,55)(H,42,45)(H,44,57)(H,46,58)(H,47,54)(H,48,56)(H,49,59)(H,50,60)(H4,40,41,43);(H,6,7)/t21-,24+,25-,26-,27-,29-;/m0./s1. The van der Waals surface area contributed by atoms with Gasteiger partial charge in [-0.1, -0.05) is 13.8 Å². The number of aliphatic imine (C=N–C) groups is 1. The molecule has 398 valence electrons. The fourth-order valence-electron chi connectivity index (χ4n) is 6.76. The first-order valence-electron chi connectivity index (χ1n) is 21.8. The number of aliphatic carboxylic acids is 1. The van der Waals surface area contributed by atoms with Crippen molar-refractivity contribution in [3.05, 3.63) is 56.6 Å². The van der Waals surface area contributed by atoms with Crippen molar-refractivity contribution >= 4 is 82.1 Å². The summed E-state index contributed by atoms with van der Waals surface area (Å²) in [5.41, 5.74) is 15.5. The number of aromatic nitrogens is 2. The first-order valence-corrected chi connectivity index (χ1v) is 23.1. The Morgan fingerprint density at radius 3 is 2.10 bits per heavy atom. The van der Waals surface area contributed by atoms with Crippen LogP contribution in [-0.4, -0.2) is 152 Å². The second-order valence-electron chi connectivity index (χ2n) is 16.3. The molecule has 1 aliphatic heterocycles. The van der Waals surface area contributed by atoms with Crippen molar-refractivity contribution in [1.82, 2.24) is 41.9 Å². The lowest BCUT2D eigenvalue weighted by atomic mass is 10.0. The van der Waals surface area contributed by atoms with Crippen molar-refractivity contribution in [2.75, 3.05) is 36.5 Å². The van der Waals surface area contributed by atoms with E-state index in [9.17, 15) is 67.0 Å². The van der Waals surface area contributed by atoms with E-state index in [1.807, 2.05) is 13.8 Å². The van der Waals surface area contributed by atoms with E-state index in [0.29, 0.717) is 18.5 Å². The summed E-state index contributed by atoms with van der Waals surface area (Å²) in [5.74, 6) is -8.22. The molecule has 0 saturated carbocycles. The number of nitrogens with two attached hydrogens (primary N) is 3. The highest BCUT2D eigenvalue weighted by atomic mass is 32.2. The molecule has 2 aromatic rings. The molecule has 0 radical (unpaired) electrons. The number of carboxylic acids is 1. The lowest BCUT2D eigenvalue weighted by Gasteiger charge is -2.28. The van der Waals surface area contributed by atoms with Gasteiger partial charge in [-0.05, 0) is 57.3 Å². The lowest BCUT2D eigenvalue weighted by molar-refractivity contribution is -0.393. The number of aromatic amines is 1. The fourth-order valence-corrected chi connectivity index (χ4v) is 7.33. The Bertz CT molecular complexity index is 2290. The van der Waals surface area contributed by atoms with Gasteiger partial charge in [0, 0.05) is 43.2 Å². The number of hydrogen-bond acceptors (Lipinski definition) is 16. The van der Waals surface area contributed by atoms with Gasteiger partial charge >= 0.3 is 12.1 Å². The lowest BCUT2D eigenvalue weighted by Crippen LogP contribution is -2.59. The van der Waals surface area contributed by atoms with Crippen LogP contribution in [0.3, 0.4) is 0 Å². The highest BCUT2D eigenvalue weighted by Gasteiger charge is 2.39. The number of anilines is 1. The van der Waals surface area contributed by atoms with Gasteiger partial charge in [0.2, 0.25) is 41.4 Å². The number of carbonyl (C=O) groups excluding carboxylic acids is 7. The van der Waals surface area contributed by atoms with E-state index in [-0.39, 0.29) is 62.1 Å². The number of primary amides is 1. The third-order valence-electron chi connectivity index (χ3n) is 10.2. The third-order valence-corrected chi connectivity index (χ3v) is 10.9. The highest BCUT2D eigenvalue weighted by molar-refractivity contribution is 7.98. The Morgan fingerprint density at radius 1 is 0.917 bits per heavy atom. The monoisotopic (exact) mass is 1050 g/mol. The van der Waals surface area contributed by atoms with Crippen molar-refractivity contribution in [3.8, 4) is 0 Å². The largest absolute Gasteiger partial charge is 0.490 e. The van der Waals surface area contributed by atoms with E-state index in [0.717, 1.165) is 12.1 Å². The number of nitro groups is 2. The number of alkyl halides is 3. The predicted molar refractivity (Wildman–Crippen MR) is 251 cm³/mol. The highest BCUT2D eigenvalue weighted by Crippen LogP contribution is 2.36. The molecule has 0 bridgehead atoms. The van der Waals surface area contributed by atoms with Crippen molar-refractivity contribution in [2.24, 2.45) is 28.1 Å². The van der Waals surface area contributed by atoms with Crippen molar-refractivity contribution in [3.63, 3.8) is 0 Å². The molecule has 1 fully saturated rings. The molecule has 6 atom stereocenters. The number of nitrogens with zero attached hydrogens (tertiary/aromatic N) is 5. The maximum absolute atomic E-state index is 13.7. The van der Waals surface area contributed by atoms with Crippen molar-refractivity contribution in [1.29, 1.82) is 0 Å². The minimum Gasteiger partial charge on any atom is -0.475 e. The van der Waals surface area contributed by atoms with Crippen LogP contribution in [0.2, 0.25) is 0 Å². The molecule has 0 aliphatic carbocycles. The average molecular weight is 1050 g/mol. The Kier molecular flexibility index (Phi) is 24.1. The number of thioether (sulfide) groups is 1. The second-order valence-corrected chi connectivity index (χ2v) is 17.2. The Balaban J connectivity index is 0.00000235. The van der Waals surface area contributed by atoms with Gasteiger partial charge < -0.3 is 64.1 Å². The van der Waals surface area contributed by atoms with Crippen molar-refractivity contribution < 1.29 is 66.5 Å². The zero-order valence-corrected chi connectivity index (χ0v) is 40.2. The molecular weight excluding hydrogens is 988 g/mol. The minimum atomic E-state index is -5.08. The molecule has 1 aromatic heterocycles. The van der Waals surface area contributed by atoms with Crippen LogP contribution in [-0.2, 0) is 44.8 Å². The summed E-state index contributed by atoms with van der Waals surface area (Å²) >= 11 is 1.20. The first-order chi connectivity index (χ1) is 33.7. The SMILES string of the molecule is CSC[C@H](NC(=O)CNC(=O)[C@H](CC(C)C)NC(=O)[C@@H]1CCCN1c1ccc([N+](=O)[O-])cc1[N+](=O)[O-])C(=O)N[C@@H](Cc1cnc[nH]1)C(=O)N[C@@H](C)C(=O)N[C@H](CCCN=C(N)N)C(N)=O.O=C(O)C(F)(F)F. The Hall–Kier alpha value is -7.80. The number of hydrogen-bond donors (Lipinski definition) is 11. The van der Waals surface area contributed by atoms with Gasteiger partial charge in [0.25, 0.3) is 11.4 Å². The fraction of sp³-hybridized carbons (Fsp3) is 0.550. The summed E-state index contributed by atoms with van der Waals surface area (Å²) in [5, 5.41) is 45.6. The maximum atomic E-state index is 13.7. The van der Waals surface area contributed by atoms with E-state index in [1.54, 1.807) is 6.26 Å². The van der Waals surface area contributed by atoms with Gasteiger partial charge in [-0.2, -0.15) is 24.9 Å². The van der Waals surface area contributed by atoms with Gasteiger partial charge in [0.15, 0.2) is 5.96 Å². The summed E-state index contributed by atoms with van der Waals surface area (Å²) in [7, 11) is 0. The third kappa shape index (κ3) is 20.3. The van der Waals surface area contributed by atoms with Crippen LogP contribution >= 0.6 is 11.8 Å². The number of guanidine groups is 1. The van der Waals surface area contributed by atoms with Gasteiger partial charge in [0.05, 0.1) is 28.8 Å². The Labute approximate surface area is 412 Å². The van der Waals surface area contributed by atoms with Crippen LogP contribution in [0.25, 0.3) is 0 Å². The van der Waals surface area contributed by atoms with Crippen LogP contribution in [0, 0.1) is 26.1 Å². The first kappa shape index (κ1) is 60.3. The van der Waals surface area contributed by atoms with E-state index in [2.05, 4.69) is 46.9 Å². The molecule has 3 rings (SSSR count). The molecule has 1 aromatic carbocycles. The van der Waals surface area contributed by atoms with Gasteiger partial charge in [0.1, 0.15) is 41.9 Å². The van der Waals surface area contributed by atoms with E-state index in [4.69, 9.17) is 27.1 Å². The number of carboxylic acid groups (broad SMARTS) is 1. The number of nitrogens with one attached hydrogen (secondary N) is 7. The second kappa shape index (κ2) is 28.8. The van der Waals surface area contributed by atoms with Crippen LogP contribution in [0.15, 0.2) is 35.7 Å². The zero-order chi connectivity index (χ0) is 54.5. The number of benzene rings is 1. The molecule has 72 heavy (non-hydrogen) atoms. The number of nitro benzene ring substituents is 2. The smallest absolute Gasteiger partial charge is 0.475 e. The maximum Gasteiger partial charge on any atom is 0.490 e. The number of imidazole rings is 1. The summed E-state index contributed by atoms with van der Waals surface area (Å²) in [6.45, 7) is 4.78. The zero-order valence-electron chi connectivity index (χ0n) is 39.4. The van der Waals surface area contributed by atoms with Crippen LogP contribution in [0.5, 0.6) is 0 Å². The quantitative estimate of drug-likeness (QED) is 0.0169. The predicted octanol–water partition coefficient (Wildman–Crippen LogP) is -1.42. The number of amides is 7. The molecular formula is C40H58F3N15O13S. The molecule has 28 nitrogen and oxygen atoms in total. The average Bonchev–Trinajstić information content (AvgIpc) is 4.01. The minimum absolute atomic E-state index is 0.0121. The molecule has 1 aliphatic rings. The van der Waals surface area contributed by atoms with Crippen LogP contribution < -0.4 is 54.0 Å². The Morgan fingerprint density at radius 2 is 1.56 bits per heavy atom. The molecule has 32 heteroatoms. The summed E-state index contributed by atoms with van der Waals surface area (Å²) in [6.07, 6.45) is 0.583. The van der Waals surface area contributed by atoms with Gasteiger partial charge in [-0.15, -0.1) is 0 Å². The number of rotatable bonds is 26. The van der Waals surface area contributed by atoms with Gasteiger partial charge in [-0.25, -0.2) is 9.78 Å². The molecule has 14 N–H and O–H groups in total.